The Morgan fingerprint density at radius 2 is 1.88 bits per heavy atom. The molecule has 5 nitrogen and oxygen atoms in total. The zero-order chi connectivity index (χ0) is 13.0. The maximum absolute atomic E-state index is 11.8. The van der Waals surface area contributed by atoms with Gasteiger partial charge < -0.3 is 15.2 Å². The number of hydrogen-bond donors (Lipinski definition) is 2. The van der Waals surface area contributed by atoms with Crippen LogP contribution in [0.4, 0.5) is 0 Å². The molecule has 0 bridgehead atoms. The third-order valence-electron chi connectivity index (χ3n) is 2.80. The first-order valence-corrected chi connectivity index (χ1v) is 6.08. The number of carboxylic acid groups (broad SMARTS) is 1. The molecule has 1 rings (SSSR count). The summed E-state index contributed by atoms with van der Waals surface area (Å²) in [4.78, 5) is 22.5. The van der Waals surface area contributed by atoms with Crippen molar-refractivity contribution >= 4 is 11.9 Å². The molecule has 0 saturated carbocycles. The second kappa shape index (κ2) is 6.00. The number of carbonyl (C=O) groups is 2. The van der Waals surface area contributed by atoms with Gasteiger partial charge in [0.15, 0.2) is 6.10 Å². The highest BCUT2D eigenvalue weighted by Gasteiger charge is 2.34. The van der Waals surface area contributed by atoms with E-state index >= 15 is 0 Å². The third-order valence-corrected chi connectivity index (χ3v) is 2.80. The number of amides is 1. The molecule has 5 heteroatoms. The second-order valence-corrected chi connectivity index (χ2v) is 5.07. The Morgan fingerprint density at radius 1 is 1.29 bits per heavy atom. The molecule has 0 aromatic carbocycles. The van der Waals surface area contributed by atoms with Crippen LogP contribution in [0.1, 0.15) is 40.0 Å². The minimum Gasteiger partial charge on any atom is -0.479 e. The minimum atomic E-state index is -0.990. The number of hydrogen-bond acceptors (Lipinski definition) is 3. The quantitative estimate of drug-likeness (QED) is 0.760. The van der Waals surface area contributed by atoms with Crippen LogP contribution in [0.15, 0.2) is 0 Å². The zero-order valence-electron chi connectivity index (χ0n) is 10.6. The topological polar surface area (TPSA) is 75.6 Å². The van der Waals surface area contributed by atoms with E-state index in [-0.39, 0.29) is 11.9 Å². The summed E-state index contributed by atoms with van der Waals surface area (Å²) in [5.74, 6) is -0.668. The number of carboxylic acids is 1. The van der Waals surface area contributed by atoms with Crippen LogP contribution in [0.5, 0.6) is 0 Å². The molecule has 98 valence electrons. The Kier molecular flexibility index (Phi) is 4.93. The van der Waals surface area contributed by atoms with Crippen LogP contribution in [-0.4, -0.2) is 35.2 Å². The third kappa shape index (κ3) is 4.34. The first kappa shape index (κ1) is 14.0. The lowest BCUT2D eigenvalue weighted by molar-refractivity contribution is -0.151. The van der Waals surface area contributed by atoms with E-state index in [1.165, 1.54) is 0 Å². The van der Waals surface area contributed by atoms with Crippen molar-refractivity contribution in [3.63, 3.8) is 0 Å². The summed E-state index contributed by atoms with van der Waals surface area (Å²) in [6, 6.07) is 0.0926. The standard InChI is InChI=1S/C12H21NO4/c1-7(2)6-8(3)13-11(14)9-4-5-10(17-9)12(15)16/h7-10H,4-6H2,1-3H3,(H,13,14)(H,15,16). The smallest absolute Gasteiger partial charge is 0.332 e. The molecule has 1 amide bonds. The van der Waals surface area contributed by atoms with E-state index in [2.05, 4.69) is 19.2 Å². The first-order valence-electron chi connectivity index (χ1n) is 6.08. The molecule has 2 N–H and O–H groups in total. The summed E-state index contributed by atoms with van der Waals surface area (Å²) >= 11 is 0. The summed E-state index contributed by atoms with van der Waals surface area (Å²) < 4.78 is 5.18. The highest BCUT2D eigenvalue weighted by molar-refractivity contribution is 5.82. The summed E-state index contributed by atoms with van der Waals surface area (Å²) in [6.45, 7) is 6.13. The maximum Gasteiger partial charge on any atom is 0.332 e. The fraction of sp³-hybridized carbons (Fsp3) is 0.833. The van der Waals surface area contributed by atoms with Gasteiger partial charge in [0.25, 0.3) is 0 Å². The normalized spacial score (nSPS) is 25.9. The molecular formula is C12H21NO4. The molecule has 1 aliphatic heterocycles. The fourth-order valence-electron chi connectivity index (χ4n) is 2.11. The average molecular weight is 243 g/mol. The van der Waals surface area contributed by atoms with Crippen molar-refractivity contribution in [1.29, 1.82) is 0 Å². The van der Waals surface area contributed by atoms with Gasteiger partial charge in [-0.3, -0.25) is 4.79 Å². The summed E-state index contributed by atoms with van der Waals surface area (Å²) in [5, 5.41) is 11.6. The van der Waals surface area contributed by atoms with Gasteiger partial charge in [-0.2, -0.15) is 0 Å². The average Bonchev–Trinajstić information content (AvgIpc) is 2.64. The monoisotopic (exact) mass is 243 g/mol. The van der Waals surface area contributed by atoms with Crippen LogP contribution in [-0.2, 0) is 14.3 Å². The van der Waals surface area contributed by atoms with Gasteiger partial charge in [-0.05, 0) is 32.1 Å². The fourth-order valence-corrected chi connectivity index (χ4v) is 2.11. The van der Waals surface area contributed by atoms with Crippen molar-refractivity contribution in [2.24, 2.45) is 5.92 Å². The van der Waals surface area contributed by atoms with E-state index in [0.717, 1.165) is 6.42 Å². The van der Waals surface area contributed by atoms with Crippen molar-refractivity contribution in [2.75, 3.05) is 0 Å². The molecule has 1 aliphatic rings. The van der Waals surface area contributed by atoms with Gasteiger partial charge >= 0.3 is 5.97 Å². The largest absolute Gasteiger partial charge is 0.479 e. The van der Waals surface area contributed by atoms with E-state index in [4.69, 9.17) is 9.84 Å². The maximum atomic E-state index is 11.8. The molecule has 0 radical (unpaired) electrons. The molecular weight excluding hydrogens is 222 g/mol. The van der Waals surface area contributed by atoms with Crippen molar-refractivity contribution in [3.8, 4) is 0 Å². The number of aliphatic carboxylic acids is 1. The number of carbonyl (C=O) groups excluding carboxylic acids is 1. The van der Waals surface area contributed by atoms with Crippen LogP contribution in [0.2, 0.25) is 0 Å². The molecule has 0 spiro atoms. The van der Waals surface area contributed by atoms with Gasteiger partial charge in [-0.1, -0.05) is 13.8 Å². The second-order valence-electron chi connectivity index (χ2n) is 5.07. The highest BCUT2D eigenvalue weighted by atomic mass is 16.5. The minimum absolute atomic E-state index is 0.0926. The lowest BCUT2D eigenvalue weighted by Gasteiger charge is -2.18. The molecule has 17 heavy (non-hydrogen) atoms. The molecule has 0 aromatic heterocycles. The van der Waals surface area contributed by atoms with E-state index in [1.54, 1.807) is 0 Å². The molecule has 1 saturated heterocycles. The van der Waals surface area contributed by atoms with E-state index < -0.39 is 18.2 Å². The first-order chi connectivity index (χ1) is 7.90. The summed E-state index contributed by atoms with van der Waals surface area (Å²) in [6.07, 6.45) is 0.362. The van der Waals surface area contributed by atoms with E-state index in [0.29, 0.717) is 18.8 Å². The van der Waals surface area contributed by atoms with Crippen LogP contribution in [0.3, 0.4) is 0 Å². The Labute approximate surface area is 102 Å². The Morgan fingerprint density at radius 3 is 2.35 bits per heavy atom. The number of rotatable bonds is 5. The molecule has 3 atom stereocenters. The lowest BCUT2D eigenvalue weighted by Crippen LogP contribution is -2.41. The predicted molar refractivity (Wildman–Crippen MR) is 62.6 cm³/mol. The van der Waals surface area contributed by atoms with Gasteiger partial charge in [-0.25, -0.2) is 4.79 Å². The van der Waals surface area contributed by atoms with Crippen LogP contribution in [0.25, 0.3) is 0 Å². The molecule has 0 aliphatic carbocycles. The van der Waals surface area contributed by atoms with Gasteiger partial charge in [0.05, 0.1) is 0 Å². The van der Waals surface area contributed by atoms with Crippen molar-refractivity contribution in [3.05, 3.63) is 0 Å². The molecule has 1 heterocycles. The zero-order valence-corrected chi connectivity index (χ0v) is 10.6. The molecule has 1 fully saturated rings. The van der Waals surface area contributed by atoms with Crippen LogP contribution < -0.4 is 5.32 Å². The van der Waals surface area contributed by atoms with Gasteiger partial charge in [0.2, 0.25) is 5.91 Å². The van der Waals surface area contributed by atoms with Crippen molar-refractivity contribution in [2.45, 2.75) is 58.3 Å². The van der Waals surface area contributed by atoms with E-state index in [1.807, 2.05) is 6.92 Å². The number of ether oxygens (including phenoxy) is 1. The Hall–Kier alpha value is -1.10. The SMILES string of the molecule is CC(C)CC(C)NC(=O)C1CCC(C(=O)O)O1. The predicted octanol–water partition coefficient (Wildman–Crippen LogP) is 1.17. The van der Waals surface area contributed by atoms with Crippen LogP contribution in [0, 0.1) is 5.92 Å². The molecule has 0 aromatic rings. The van der Waals surface area contributed by atoms with Crippen molar-refractivity contribution < 1.29 is 19.4 Å². The van der Waals surface area contributed by atoms with Crippen LogP contribution >= 0.6 is 0 Å². The Bertz CT molecular complexity index is 290. The number of nitrogens with one attached hydrogen (secondary N) is 1. The summed E-state index contributed by atoms with van der Waals surface area (Å²) in [7, 11) is 0. The Balaban J connectivity index is 2.37. The summed E-state index contributed by atoms with van der Waals surface area (Å²) in [5.41, 5.74) is 0. The van der Waals surface area contributed by atoms with E-state index in [9.17, 15) is 9.59 Å². The van der Waals surface area contributed by atoms with Gasteiger partial charge in [-0.15, -0.1) is 0 Å². The molecule has 3 unspecified atom stereocenters. The van der Waals surface area contributed by atoms with Crippen molar-refractivity contribution in [1.82, 2.24) is 5.32 Å². The van der Waals surface area contributed by atoms with Gasteiger partial charge in [0.1, 0.15) is 6.10 Å². The highest BCUT2D eigenvalue weighted by Crippen LogP contribution is 2.20. The lowest BCUT2D eigenvalue weighted by atomic mass is 10.0. The van der Waals surface area contributed by atoms with Gasteiger partial charge in [0, 0.05) is 6.04 Å².